The second kappa shape index (κ2) is 7.51. The van der Waals surface area contributed by atoms with E-state index in [1.54, 1.807) is 0 Å². The normalized spacial score (nSPS) is 10.6. The summed E-state index contributed by atoms with van der Waals surface area (Å²) in [4.78, 5) is 2.29. The van der Waals surface area contributed by atoms with E-state index in [1.165, 1.54) is 22.3 Å². The first-order valence-electron chi connectivity index (χ1n) is 9.30. The molecule has 0 N–H and O–H groups in total. The molecule has 4 aromatic carbocycles. The Kier molecular flexibility index (Phi) is 4.76. The zero-order chi connectivity index (χ0) is 18.6. The van der Waals surface area contributed by atoms with Gasteiger partial charge in [0.1, 0.15) is 0 Å². The lowest BCUT2D eigenvalue weighted by atomic mass is 10.0. The first-order chi connectivity index (χ1) is 13.2. The Morgan fingerprint density at radius 3 is 1.63 bits per heavy atom. The number of aryl methyl sites for hydroxylation is 2. The molecule has 0 atom stereocenters. The van der Waals surface area contributed by atoms with E-state index in [0.717, 1.165) is 17.1 Å². The summed E-state index contributed by atoms with van der Waals surface area (Å²) >= 11 is 0. The van der Waals surface area contributed by atoms with Crippen LogP contribution < -0.4 is 4.90 Å². The van der Waals surface area contributed by atoms with E-state index < -0.39 is 0 Å². The van der Waals surface area contributed by atoms with E-state index >= 15 is 0 Å². The van der Waals surface area contributed by atoms with Crippen LogP contribution in [0.3, 0.4) is 0 Å². The number of para-hydroxylation sites is 1. The van der Waals surface area contributed by atoms with E-state index in [-0.39, 0.29) is 0 Å². The fourth-order valence-electron chi connectivity index (χ4n) is 3.40. The van der Waals surface area contributed by atoms with Gasteiger partial charge in [0.15, 0.2) is 0 Å². The second-order valence-corrected chi connectivity index (χ2v) is 6.87. The van der Waals surface area contributed by atoms with Crippen molar-refractivity contribution in [2.24, 2.45) is 0 Å². The van der Waals surface area contributed by atoms with Gasteiger partial charge in [-0.2, -0.15) is 0 Å². The molecule has 0 aliphatic heterocycles. The highest BCUT2D eigenvalue weighted by Crippen LogP contribution is 2.35. The fraction of sp³-hybridized carbons (Fsp3) is 0.0769. The van der Waals surface area contributed by atoms with E-state index in [9.17, 15) is 0 Å². The van der Waals surface area contributed by atoms with Gasteiger partial charge in [-0.1, -0.05) is 72.3 Å². The Bertz CT molecular complexity index is 1020. The number of benzene rings is 4. The van der Waals surface area contributed by atoms with Crippen LogP contribution in [0, 0.1) is 13.8 Å². The van der Waals surface area contributed by atoms with Gasteiger partial charge >= 0.3 is 0 Å². The van der Waals surface area contributed by atoms with Crippen molar-refractivity contribution in [3.8, 4) is 11.1 Å². The van der Waals surface area contributed by atoms with Crippen molar-refractivity contribution >= 4 is 17.1 Å². The molecule has 0 saturated carbocycles. The zero-order valence-corrected chi connectivity index (χ0v) is 15.8. The lowest BCUT2D eigenvalue weighted by Gasteiger charge is -2.25. The Morgan fingerprint density at radius 2 is 1.00 bits per heavy atom. The predicted molar refractivity (Wildman–Crippen MR) is 116 cm³/mol. The Labute approximate surface area is 161 Å². The Morgan fingerprint density at radius 1 is 0.481 bits per heavy atom. The van der Waals surface area contributed by atoms with Gasteiger partial charge in [0, 0.05) is 17.1 Å². The Hall–Kier alpha value is -3.32. The van der Waals surface area contributed by atoms with E-state index in [0.29, 0.717) is 0 Å². The third-order valence-electron chi connectivity index (χ3n) is 4.89. The molecule has 132 valence electrons. The Balaban J connectivity index is 1.77. The van der Waals surface area contributed by atoms with Crippen molar-refractivity contribution in [1.29, 1.82) is 0 Å². The monoisotopic (exact) mass is 349 g/mol. The van der Waals surface area contributed by atoms with Crippen molar-refractivity contribution in [2.75, 3.05) is 4.90 Å². The summed E-state index contributed by atoms with van der Waals surface area (Å²) in [5.41, 5.74) is 8.56. The first-order valence-corrected chi connectivity index (χ1v) is 9.30. The first kappa shape index (κ1) is 17.1. The van der Waals surface area contributed by atoms with Crippen LogP contribution in [0.4, 0.5) is 17.1 Å². The zero-order valence-electron chi connectivity index (χ0n) is 15.8. The van der Waals surface area contributed by atoms with Gasteiger partial charge in [-0.15, -0.1) is 0 Å². The number of anilines is 3. The van der Waals surface area contributed by atoms with E-state index in [1.807, 2.05) is 0 Å². The molecular formula is C26H23N. The molecule has 0 amide bonds. The minimum absolute atomic E-state index is 1.15. The van der Waals surface area contributed by atoms with Crippen LogP contribution in [0.25, 0.3) is 11.1 Å². The molecule has 0 radical (unpaired) electrons. The smallest absolute Gasteiger partial charge is 0.0462 e. The van der Waals surface area contributed by atoms with Crippen LogP contribution in [0.5, 0.6) is 0 Å². The van der Waals surface area contributed by atoms with E-state index in [2.05, 4.69) is 122 Å². The second-order valence-electron chi connectivity index (χ2n) is 6.87. The molecule has 0 unspecified atom stereocenters. The van der Waals surface area contributed by atoms with E-state index in [4.69, 9.17) is 0 Å². The topological polar surface area (TPSA) is 3.24 Å². The highest BCUT2D eigenvalue weighted by Gasteiger charge is 2.12. The summed E-state index contributed by atoms with van der Waals surface area (Å²) < 4.78 is 0. The van der Waals surface area contributed by atoms with Gasteiger partial charge in [0.2, 0.25) is 0 Å². The van der Waals surface area contributed by atoms with Gasteiger partial charge < -0.3 is 4.90 Å². The maximum atomic E-state index is 2.29. The summed E-state index contributed by atoms with van der Waals surface area (Å²) in [6.45, 7) is 4.28. The van der Waals surface area contributed by atoms with Gasteiger partial charge in [-0.25, -0.2) is 0 Å². The number of hydrogen-bond donors (Lipinski definition) is 0. The van der Waals surface area contributed by atoms with Crippen molar-refractivity contribution in [1.82, 2.24) is 0 Å². The summed E-state index contributed by atoms with van der Waals surface area (Å²) in [6, 6.07) is 36.5. The number of rotatable bonds is 4. The van der Waals surface area contributed by atoms with Crippen LogP contribution in [-0.4, -0.2) is 0 Å². The van der Waals surface area contributed by atoms with Gasteiger partial charge in [0.25, 0.3) is 0 Å². The fourth-order valence-corrected chi connectivity index (χ4v) is 3.40. The average Bonchev–Trinajstić information content (AvgIpc) is 2.72. The molecule has 0 bridgehead atoms. The van der Waals surface area contributed by atoms with Gasteiger partial charge in [-0.05, 0) is 66.9 Å². The third-order valence-corrected chi connectivity index (χ3v) is 4.89. The lowest BCUT2D eigenvalue weighted by molar-refractivity contribution is 1.27. The maximum Gasteiger partial charge on any atom is 0.0462 e. The molecule has 4 aromatic rings. The molecule has 0 aliphatic carbocycles. The average molecular weight is 349 g/mol. The SMILES string of the molecule is Cc1ccc(N(c2ccccc2)c2ccc(-c3ccccc3C)cc2)cc1. The van der Waals surface area contributed by atoms with Crippen molar-refractivity contribution < 1.29 is 0 Å². The highest BCUT2D eigenvalue weighted by molar-refractivity contribution is 5.78. The molecule has 27 heavy (non-hydrogen) atoms. The van der Waals surface area contributed by atoms with Crippen LogP contribution in [0.15, 0.2) is 103 Å². The molecule has 1 heteroatoms. The number of hydrogen-bond acceptors (Lipinski definition) is 1. The quantitative estimate of drug-likeness (QED) is 0.370. The van der Waals surface area contributed by atoms with Crippen LogP contribution in [0.1, 0.15) is 11.1 Å². The molecule has 0 saturated heterocycles. The number of nitrogens with zero attached hydrogens (tertiary/aromatic N) is 1. The molecule has 4 rings (SSSR count). The lowest BCUT2D eigenvalue weighted by Crippen LogP contribution is -2.09. The van der Waals surface area contributed by atoms with Crippen LogP contribution in [0.2, 0.25) is 0 Å². The molecular weight excluding hydrogens is 326 g/mol. The molecule has 0 fully saturated rings. The maximum absolute atomic E-state index is 2.29. The molecule has 0 heterocycles. The van der Waals surface area contributed by atoms with Crippen molar-refractivity contribution in [2.45, 2.75) is 13.8 Å². The standard InChI is InChI=1S/C26H23N/c1-20-12-16-24(17-13-20)27(23-9-4-3-5-10-23)25-18-14-22(15-19-25)26-11-7-6-8-21(26)2/h3-19H,1-2H3. The summed E-state index contributed by atoms with van der Waals surface area (Å²) in [5.74, 6) is 0. The molecule has 0 aromatic heterocycles. The summed E-state index contributed by atoms with van der Waals surface area (Å²) in [6.07, 6.45) is 0. The van der Waals surface area contributed by atoms with Crippen LogP contribution in [-0.2, 0) is 0 Å². The van der Waals surface area contributed by atoms with Gasteiger partial charge in [-0.3, -0.25) is 0 Å². The van der Waals surface area contributed by atoms with Crippen molar-refractivity contribution in [3.63, 3.8) is 0 Å². The molecule has 0 aliphatic rings. The molecule has 1 nitrogen and oxygen atoms in total. The summed E-state index contributed by atoms with van der Waals surface area (Å²) in [7, 11) is 0. The van der Waals surface area contributed by atoms with Crippen LogP contribution >= 0.6 is 0 Å². The predicted octanol–water partition coefficient (Wildman–Crippen LogP) is 7.44. The third kappa shape index (κ3) is 3.63. The van der Waals surface area contributed by atoms with Gasteiger partial charge in [0.05, 0.1) is 0 Å². The minimum Gasteiger partial charge on any atom is -0.311 e. The largest absolute Gasteiger partial charge is 0.311 e. The minimum atomic E-state index is 1.15. The summed E-state index contributed by atoms with van der Waals surface area (Å²) in [5, 5.41) is 0. The van der Waals surface area contributed by atoms with Crippen molar-refractivity contribution in [3.05, 3.63) is 114 Å². The molecule has 0 spiro atoms. The highest BCUT2D eigenvalue weighted by atomic mass is 15.1.